The second kappa shape index (κ2) is 20.9. The van der Waals surface area contributed by atoms with Crippen molar-refractivity contribution in [2.45, 2.75) is 0 Å². The predicted molar refractivity (Wildman–Crippen MR) is 312 cm³/mol. The minimum atomic E-state index is 0.713. The summed E-state index contributed by atoms with van der Waals surface area (Å²) in [4.78, 5) is 18.1. The van der Waals surface area contributed by atoms with Gasteiger partial charge in [0.2, 0.25) is 0 Å². The molecule has 0 spiro atoms. The van der Waals surface area contributed by atoms with Gasteiger partial charge in [-0.3, -0.25) is 0 Å². The Kier molecular flexibility index (Phi) is 12.8. The van der Waals surface area contributed by atoms with Crippen LogP contribution in [0.4, 0.5) is 68.2 Å². The van der Waals surface area contributed by atoms with Crippen molar-refractivity contribution < 1.29 is 4.74 Å². The minimum absolute atomic E-state index is 0.713. The molecule has 0 saturated heterocycles. The third-order valence-electron chi connectivity index (χ3n) is 13.5. The molecule has 0 aliphatic carbocycles. The third kappa shape index (κ3) is 9.45. The van der Waals surface area contributed by atoms with Crippen molar-refractivity contribution in [2.75, 3.05) is 26.7 Å². The maximum Gasteiger partial charge on any atom is 0.146 e. The highest BCUT2D eigenvalue weighted by Crippen LogP contribution is 2.44. The fourth-order valence-electron chi connectivity index (χ4n) is 9.96. The lowest BCUT2D eigenvalue weighted by molar-refractivity contribution is 0.419. The summed E-state index contributed by atoms with van der Waals surface area (Å²) in [5.74, 6) is 1.45. The van der Waals surface area contributed by atoms with Crippen molar-refractivity contribution in [3.05, 3.63) is 291 Å². The van der Waals surface area contributed by atoms with Crippen LogP contribution in [0.3, 0.4) is 0 Å². The molecule has 1 heterocycles. The largest absolute Gasteiger partial charge is 0.494 e. The SMILES string of the molecule is COc1cccc2[nH]c(-c3cc(N(c4ccccc4)c4ccc(N(c5ccccc5)c5ccccc5)cc4)ccc3-c3ccc(N(c4ccccc4)c4ccc(N(c5ccccc5)c5ccccc5)cc4)cc3)nc12. The number of nitrogens with zero attached hydrogens (tertiary/aromatic N) is 5. The number of hydrogen-bond donors (Lipinski definition) is 1. The molecule has 11 aromatic carbocycles. The molecule has 0 saturated carbocycles. The fourth-order valence-corrected chi connectivity index (χ4v) is 9.96. The quantitative estimate of drug-likeness (QED) is 0.110. The number of nitrogens with one attached hydrogen (secondary N) is 1. The molecule has 12 rings (SSSR count). The number of anilines is 12. The average molecular weight is 969 g/mol. The van der Waals surface area contributed by atoms with Gasteiger partial charge in [-0.1, -0.05) is 133 Å². The Morgan fingerprint density at radius 3 is 0.947 bits per heavy atom. The van der Waals surface area contributed by atoms with Crippen molar-refractivity contribution in [1.29, 1.82) is 0 Å². The minimum Gasteiger partial charge on any atom is -0.494 e. The van der Waals surface area contributed by atoms with Crippen LogP contribution >= 0.6 is 0 Å². The molecule has 0 fully saturated rings. The van der Waals surface area contributed by atoms with Gasteiger partial charge < -0.3 is 29.3 Å². The zero-order valence-corrected chi connectivity index (χ0v) is 41.4. The van der Waals surface area contributed by atoms with E-state index in [9.17, 15) is 0 Å². The summed E-state index contributed by atoms with van der Waals surface area (Å²) in [7, 11) is 1.69. The van der Waals surface area contributed by atoms with Crippen molar-refractivity contribution in [3.63, 3.8) is 0 Å². The number of benzene rings is 11. The van der Waals surface area contributed by atoms with E-state index in [1.807, 2.05) is 18.2 Å². The summed E-state index contributed by atoms with van der Waals surface area (Å²) >= 11 is 0. The van der Waals surface area contributed by atoms with Gasteiger partial charge in [0.05, 0.1) is 12.6 Å². The lowest BCUT2D eigenvalue weighted by atomic mass is 9.97. The maximum absolute atomic E-state index is 5.82. The van der Waals surface area contributed by atoms with Crippen LogP contribution in [-0.4, -0.2) is 17.1 Å². The number of aromatic nitrogens is 2. The van der Waals surface area contributed by atoms with Crippen LogP contribution in [0.15, 0.2) is 291 Å². The monoisotopic (exact) mass is 968 g/mol. The molecule has 1 aromatic heterocycles. The van der Waals surface area contributed by atoms with Gasteiger partial charge in [-0.2, -0.15) is 0 Å². The molecule has 7 nitrogen and oxygen atoms in total. The van der Waals surface area contributed by atoms with Crippen LogP contribution in [0.2, 0.25) is 0 Å². The van der Waals surface area contributed by atoms with Crippen LogP contribution in [0.5, 0.6) is 5.75 Å². The van der Waals surface area contributed by atoms with Crippen LogP contribution in [0.1, 0.15) is 0 Å². The highest BCUT2D eigenvalue weighted by Gasteiger charge is 2.22. The Morgan fingerprint density at radius 2 is 0.600 bits per heavy atom. The average Bonchev–Trinajstić information content (AvgIpc) is 3.93. The van der Waals surface area contributed by atoms with Gasteiger partial charge in [0, 0.05) is 73.8 Å². The molecular formula is C68H52N6O. The third-order valence-corrected chi connectivity index (χ3v) is 13.5. The number of H-pyrrole nitrogens is 1. The van der Waals surface area contributed by atoms with Crippen LogP contribution in [0, 0.1) is 0 Å². The van der Waals surface area contributed by atoms with E-state index in [0.29, 0.717) is 5.75 Å². The molecule has 0 amide bonds. The van der Waals surface area contributed by atoms with E-state index in [1.165, 1.54) is 0 Å². The number of fused-ring (bicyclic) bond motifs is 1. The Hall–Kier alpha value is -10.1. The lowest BCUT2D eigenvalue weighted by Gasteiger charge is -2.29. The fraction of sp³-hybridized carbons (Fsp3) is 0.0147. The molecule has 0 aliphatic heterocycles. The van der Waals surface area contributed by atoms with E-state index in [4.69, 9.17) is 9.72 Å². The molecular weight excluding hydrogens is 917 g/mol. The van der Waals surface area contributed by atoms with Gasteiger partial charge in [-0.25, -0.2) is 4.98 Å². The number of imidazole rings is 1. The first kappa shape index (κ1) is 46.0. The first-order valence-corrected chi connectivity index (χ1v) is 25.2. The smallest absolute Gasteiger partial charge is 0.146 e. The molecule has 0 radical (unpaired) electrons. The van der Waals surface area contributed by atoms with Gasteiger partial charge in [-0.15, -0.1) is 0 Å². The molecule has 360 valence electrons. The Labute approximate surface area is 438 Å². The van der Waals surface area contributed by atoms with E-state index in [-0.39, 0.29) is 0 Å². The standard InChI is InChI=1S/C68H52N6O/c1-75-66-34-20-33-65-67(66)70-68(69-65)64-49-62(74(56-31-18-7-19-32-56)61-45-43-59(44-46-61)72(53-25-12-4-13-26-53)54-27-14-5-15-28-54)47-48-63(64)50-35-37-57(38-36-50)73(55-29-16-6-17-30-55)60-41-39-58(40-42-60)71(51-21-8-2-9-22-51)52-23-10-3-11-24-52/h2-49H,1H3,(H,69,70). The molecule has 12 aromatic rings. The molecule has 75 heavy (non-hydrogen) atoms. The van der Waals surface area contributed by atoms with Gasteiger partial charge in [0.1, 0.15) is 17.1 Å². The molecule has 0 bridgehead atoms. The van der Waals surface area contributed by atoms with E-state index >= 15 is 0 Å². The van der Waals surface area contributed by atoms with E-state index in [1.54, 1.807) is 7.11 Å². The van der Waals surface area contributed by atoms with Crippen LogP contribution in [-0.2, 0) is 0 Å². The Morgan fingerprint density at radius 1 is 0.293 bits per heavy atom. The van der Waals surface area contributed by atoms with Gasteiger partial charge >= 0.3 is 0 Å². The first-order valence-electron chi connectivity index (χ1n) is 25.2. The number of aromatic amines is 1. The van der Waals surface area contributed by atoms with E-state index in [0.717, 1.165) is 102 Å². The first-order chi connectivity index (χ1) is 37.2. The number of rotatable bonds is 15. The predicted octanol–water partition coefficient (Wildman–Crippen LogP) is 18.8. The van der Waals surface area contributed by atoms with Crippen LogP contribution in [0.25, 0.3) is 33.5 Å². The molecule has 1 N–H and O–H groups in total. The second-order valence-corrected chi connectivity index (χ2v) is 18.1. The normalized spacial score (nSPS) is 11.0. The Balaban J connectivity index is 0.941. The highest BCUT2D eigenvalue weighted by molar-refractivity contribution is 5.92. The molecule has 0 unspecified atom stereocenters. The van der Waals surface area contributed by atoms with Gasteiger partial charge in [-0.05, 0) is 169 Å². The zero-order chi connectivity index (χ0) is 50.3. The van der Waals surface area contributed by atoms with Crippen molar-refractivity contribution in [2.24, 2.45) is 0 Å². The van der Waals surface area contributed by atoms with E-state index in [2.05, 4.69) is 298 Å². The summed E-state index contributed by atoms with van der Waals surface area (Å²) in [6.07, 6.45) is 0. The maximum atomic E-state index is 5.82. The number of ether oxygens (including phenoxy) is 1. The van der Waals surface area contributed by atoms with E-state index < -0.39 is 0 Å². The van der Waals surface area contributed by atoms with Gasteiger partial charge in [0.15, 0.2) is 0 Å². The number of para-hydroxylation sites is 7. The number of hydrogen-bond acceptors (Lipinski definition) is 6. The molecule has 0 atom stereocenters. The second-order valence-electron chi connectivity index (χ2n) is 18.1. The van der Waals surface area contributed by atoms with Crippen molar-refractivity contribution in [1.82, 2.24) is 9.97 Å². The Bertz CT molecular complexity index is 3700. The summed E-state index contributed by atoms with van der Waals surface area (Å²) in [5.41, 5.74) is 17.4. The zero-order valence-electron chi connectivity index (χ0n) is 41.4. The summed E-state index contributed by atoms with van der Waals surface area (Å²) in [6, 6.07) is 102. The van der Waals surface area contributed by atoms with Crippen LogP contribution < -0.4 is 24.3 Å². The number of methoxy groups -OCH3 is 1. The summed E-state index contributed by atoms with van der Waals surface area (Å²) in [6.45, 7) is 0. The lowest BCUT2D eigenvalue weighted by Crippen LogP contribution is -2.12. The molecule has 7 heteroatoms. The summed E-state index contributed by atoms with van der Waals surface area (Å²) in [5, 5.41) is 0. The van der Waals surface area contributed by atoms with Crippen molar-refractivity contribution in [3.8, 4) is 28.3 Å². The van der Waals surface area contributed by atoms with Crippen molar-refractivity contribution >= 4 is 79.3 Å². The topological polar surface area (TPSA) is 50.9 Å². The molecule has 0 aliphatic rings. The highest BCUT2D eigenvalue weighted by atomic mass is 16.5. The summed E-state index contributed by atoms with van der Waals surface area (Å²) < 4.78 is 5.82. The van der Waals surface area contributed by atoms with Gasteiger partial charge in [0.25, 0.3) is 0 Å².